The zero-order chi connectivity index (χ0) is 21.6. The summed E-state index contributed by atoms with van der Waals surface area (Å²) in [5, 5.41) is 6.66. The molecule has 3 aromatic rings. The maximum atomic E-state index is 12.1. The van der Waals surface area contributed by atoms with Gasteiger partial charge in [-0.1, -0.05) is 5.16 Å². The Morgan fingerprint density at radius 3 is 2.68 bits per heavy atom. The first-order chi connectivity index (χ1) is 15.1. The van der Waals surface area contributed by atoms with Crippen molar-refractivity contribution in [2.45, 2.75) is 13.5 Å². The molecular formula is C22H20N2O7. The molecule has 0 unspecified atom stereocenters. The van der Waals surface area contributed by atoms with E-state index >= 15 is 0 Å². The molecular weight excluding hydrogens is 404 g/mol. The minimum atomic E-state index is -0.406. The Hall–Kier alpha value is -3.85. The average molecular weight is 424 g/mol. The van der Waals surface area contributed by atoms with Crippen LogP contribution in [0.1, 0.15) is 23.0 Å². The van der Waals surface area contributed by atoms with Crippen LogP contribution >= 0.6 is 0 Å². The number of amides is 1. The second kappa shape index (κ2) is 9.31. The van der Waals surface area contributed by atoms with Crippen LogP contribution in [0.5, 0.6) is 11.5 Å². The van der Waals surface area contributed by atoms with Crippen LogP contribution in [-0.2, 0) is 20.9 Å². The summed E-state index contributed by atoms with van der Waals surface area (Å²) in [6.45, 7) is 2.20. The summed E-state index contributed by atoms with van der Waals surface area (Å²) in [6.07, 6.45) is 0. The number of anilines is 1. The van der Waals surface area contributed by atoms with Gasteiger partial charge in [-0.25, -0.2) is 4.79 Å². The first-order valence-electron chi connectivity index (χ1n) is 9.63. The number of esters is 1. The lowest BCUT2D eigenvalue weighted by molar-refractivity contribution is -0.121. The lowest BCUT2D eigenvalue weighted by Gasteiger charge is -2.06. The van der Waals surface area contributed by atoms with Gasteiger partial charge in [-0.3, -0.25) is 4.79 Å². The maximum Gasteiger partial charge on any atom is 0.338 e. The van der Waals surface area contributed by atoms with Crippen molar-refractivity contribution in [1.82, 2.24) is 5.16 Å². The Bertz CT molecular complexity index is 1080. The predicted molar refractivity (Wildman–Crippen MR) is 109 cm³/mol. The summed E-state index contributed by atoms with van der Waals surface area (Å²) in [5.74, 6) is 1.16. The standard InChI is InChI=1S/C22H20N2O7/c1-2-28-22(26)14-3-6-16(7-4-14)23-21(25)12-27-11-17-10-19(31-24-17)15-5-8-18-20(9-15)30-13-29-18/h3-10H,2,11-13H2,1H3,(H,23,25). The molecule has 1 aromatic heterocycles. The van der Waals surface area contributed by atoms with E-state index in [-0.39, 0.29) is 25.9 Å². The Morgan fingerprint density at radius 2 is 1.87 bits per heavy atom. The summed E-state index contributed by atoms with van der Waals surface area (Å²) in [7, 11) is 0. The zero-order valence-corrected chi connectivity index (χ0v) is 16.8. The fourth-order valence-electron chi connectivity index (χ4n) is 2.92. The molecule has 0 bridgehead atoms. The first kappa shape index (κ1) is 20.4. The Morgan fingerprint density at radius 1 is 1.06 bits per heavy atom. The molecule has 0 saturated carbocycles. The summed E-state index contributed by atoms with van der Waals surface area (Å²) >= 11 is 0. The summed E-state index contributed by atoms with van der Waals surface area (Å²) in [4.78, 5) is 23.7. The fraction of sp³-hybridized carbons (Fsp3) is 0.227. The van der Waals surface area contributed by atoms with E-state index in [0.717, 1.165) is 5.56 Å². The van der Waals surface area contributed by atoms with Crippen LogP contribution in [0.2, 0.25) is 0 Å². The minimum absolute atomic E-state index is 0.114. The number of carbonyl (C=O) groups excluding carboxylic acids is 2. The van der Waals surface area contributed by atoms with Gasteiger partial charge in [0.1, 0.15) is 12.3 Å². The normalized spacial score (nSPS) is 11.9. The molecule has 1 amide bonds. The van der Waals surface area contributed by atoms with Crippen LogP contribution in [0.4, 0.5) is 5.69 Å². The van der Waals surface area contributed by atoms with Crippen molar-refractivity contribution in [3.05, 3.63) is 59.8 Å². The second-order valence-electron chi connectivity index (χ2n) is 6.59. The highest BCUT2D eigenvalue weighted by Gasteiger charge is 2.16. The number of benzene rings is 2. The third kappa shape index (κ3) is 5.01. The van der Waals surface area contributed by atoms with Gasteiger partial charge in [-0.2, -0.15) is 0 Å². The van der Waals surface area contributed by atoms with Crippen LogP contribution in [0, 0.1) is 0 Å². The van der Waals surface area contributed by atoms with Crippen LogP contribution < -0.4 is 14.8 Å². The highest BCUT2D eigenvalue weighted by molar-refractivity contribution is 5.93. The molecule has 160 valence electrons. The SMILES string of the molecule is CCOC(=O)c1ccc(NC(=O)COCc2cc(-c3ccc4c(c3)OCO4)on2)cc1. The van der Waals surface area contributed by atoms with Crippen molar-refractivity contribution in [2.24, 2.45) is 0 Å². The maximum absolute atomic E-state index is 12.1. The van der Waals surface area contributed by atoms with Gasteiger partial charge in [0.2, 0.25) is 12.7 Å². The number of rotatable bonds is 8. The Balaban J connectivity index is 1.25. The molecule has 0 spiro atoms. The highest BCUT2D eigenvalue weighted by atomic mass is 16.7. The summed E-state index contributed by atoms with van der Waals surface area (Å²) < 4.78 is 26.3. The van der Waals surface area contributed by atoms with E-state index in [1.807, 2.05) is 12.1 Å². The molecule has 1 N–H and O–H groups in total. The largest absolute Gasteiger partial charge is 0.462 e. The number of nitrogens with one attached hydrogen (secondary N) is 1. The smallest absolute Gasteiger partial charge is 0.338 e. The topological polar surface area (TPSA) is 109 Å². The van der Waals surface area contributed by atoms with Crippen LogP contribution in [0.25, 0.3) is 11.3 Å². The van der Waals surface area contributed by atoms with Gasteiger partial charge in [0.25, 0.3) is 0 Å². The molecule has 9 heteroatoms. The van der Waals surface area contributed by atoms with Crippen molar-refractivity contribution in [2.75, 3.05) is 25.3 Å². The molecule has 4 rings (SSSR count). The van der Waals surface area contributed by atoms with Gasteiger partial charge in [0, 0.05) is 17.3 Å². The minimum Gasteiger partial charge on any atom is -0.462 e. The number of hydrogen-bond acceptors (Lipinski definition) is 8. The average Bonchev–Trinajstić information content (AvgIpc) is 3.43. The monoisotopic (exact) mass is 424 g/mol. The van der Waals surface area contributed by atoms with E-state index < -0.39 is 5.97 Å². The van der Waals surface area contributed by atoms with Crippen molar-refractivity contribution in [3.63, 3.8) is 0 Å². The van der Waals surface area contributed by atoms with Crippen LogP contribution in [0.3, 0.4) is 0 Å². The fourth-order valence-corrected chi connectivity index (χ4v) is 2.92. The van der Waals surface area contributed by atoms with Gasteiger partial charge in [0.05, 0.1) is 18.8 Å². The van der Waals surface area contributed by atoms with Crippen molar-refractivity contribution in [1.29, 1.82) is 0 Å². The Kier molecular flexibility index (Phi) is 6.13. The Labute approximate surface area is 177 Å². The van der Waals surface area contributed by atoms with Gasteiger partial charge in [-0.05, 0) is 49.4 Å². The van der Waals surface area contributed by atoms with Gasteiger partial charge in [-0.15, -0.1) is 0 Å². The van der Waals surface area contributed by atoms with Crippen LogP contribution in [-0.4, -0.2) is 37.0 Å². The van der Waals surface area contributed by atoms with E-state index in [1.54, 1.807) is 43.3 Å². The number of aromatic nitrogens is 1. The number of fused-ring (bicyclic) bond motifs is 1. The highest BCUT2D eigenvalue weighted by Crippen LogP contribution is 2.36. The van der Waals surface area contributed by atoms with Crippen LogP contribution in [0.15, 0.2) is 53.1 Å². The summed E-state index contributed by atoms with van der Waals surface area (Å²) in [6, 6.07) is 13.6. The molecule has 0 aliphatic carbocycles. The molecule has 1 aliphatic rings. The quantitative estimate of drug-likeness (QED) is 0.548. The third-order valence-corrected chi connectivity index (χ3v) is 4.38. The zero-order valence-electron chi connectivity index (χ0n) is 16.8. The van der Waals surface area contributed by atoms with Gasteiger partial charge >= 0.3 is 5.97 Å². The predicted octanol–water partition coefficient (Wildman–Crippen LogP) is 3.40. The number of carbonyl (C=O) groups is 2. The molecule has 2 aromatic carbocycles. The van der Waals surface area contributed by atoms with E-state index in [4.69, 9.17) is 23.5 Å². The first-order valence-corrected chi connectivity index (χ1v) is 9.63. The number of nitrogens with zero attached hydrogens (tertiary/aromatic N) is 1. The van der Waals surface area contributed by atoms with Crippen molar-refractivity contribution in [3.8, 4) is 22.8 Å². The second-order valence-corrected chi connectivity index (χ2v) is 6.59. The van der Waals surface area contributed by atoms with Crippen molar-refractivity contribution < 1.29 is 33.1 Å². The summed E-state index contributed by atoms with van der Waals surface area (Å²) in [5.41, 5.74) is 2.32. The number of ether oxygens (including phenoxy) is 4. The van der Waals surface area contributed by atoms with Crippen molar-refractivity contribution >= 4 is 17.6 Å². The van der Waals surface area contributed by atoms with Gasteiger partial charge in [0.15, 0.2) is 17.3 Å². The lowest BCUT2D eigenvalue weighted by Crippen LogP contribution is -2.18. The van der Waals surface area contributed by atoms with E-state index in [2.05, 4.69) is 10.5 Å². The third-order valence-electron chi connectivity index (χ3n) is 4.38. The molecule has 1 aliphatic heterocycles. The molecule has 0 radical (unpaired) electrons. The molecule has 9 nitrogen and oxygen atoms in total. The van der Waals surface area contributed by atoms with E-state index in [0.29, 0.717) is 40.8 Å². The molecule has 0 atom stereocenters. The molecule has 2 heterocycles. The van der Waals surface area contributed by atoms with Gasteiger partial charge < -0.3 is 28.8 Å². The number of hydrogen-bond donors (Lipinski definition) is 1. The van der Waals surface area contributed by atoms with E-state index in [1.165, 1.54) is 0 Å². The lowest BCUT2D eigenvalue weighted by atomic mass is 10.1. The molecule has 0 saturated heterocycles. The molecule has 0 fully saturated rings. The van der Waals surface area contributed by atoms with E-state index in [9.17, 15) is 9.59 Å². The molecule has 31 heavy (non-hydrogen) atoms.